The number of hydrogen-bond donors (Lipinski definition) is 1. The third kappa shape index (κ3) is 4.51. The van der Waals surface area contributed by atoms with Crippen molar-refractivity contribution in [1.82, 2.24) is 5.32 Å². The summed E-state index contributed by atoms with van der Waals surface area (Å²) in [6.07, 6.45) is -1.05. The van der Waals surface area contributed by atoms with Gasteiger partial charge in [0.05, 0.1) is 30.3 Å². The standard InChI is InChI=1S/C26H26N2O7S/c1-17(18-7-12-23-24(15-18)34-14-13-33-23)27-26(29)25-16-28(21-5-3-4-6-22(21)35-25)36(30,31)20-10-8-19(32-2)9-11-20/h3-12,15,17,25H,13-14,16H2,1-2H3,(H,27,29). The van der Waals surface area contributed by atoms with Crippen LogP contribution in [0.1, 0.15) is 18.5 Å². The zero-order valence-corrected chi connectivity index (χ0v) is 20.7. The second-order valence-electron chi connectivity index (χ2n) is 8.42. The van der Waals surface area contributed by atoms with Gasteiger partial charge in [-0.05, 0) is 61.0 Å². The van der Waals surface area contributed by atoms with Gasteiger partial charge in [0, 0.05) is 0 Å². The molecule has 36 heavy (non-hydrogen) atoms. The van der Waals surface area contributed by atoms with Crippen molar-refractivity contribution < 1.29 is 32.2 Å². The summed E-state index contributed by atoms with van der Waals surface area (Å²) >= 11 is 0. The smallest absolute Gasteiger partial charge is 0.264 e. The lowest BCUT2D eigenvalue weighted by Crippen LogP contribution is -2.51. The molecule has 0 aliphatic carbocycles. The molecule has 2 aliphatic rings. The molecule has 2 atom stereocenters. The number of rotatable bonds is 6. The van der Waals surface area contributed by atoms with E-state index in [1.54, 1.807) is 36.4 Å². The summed E-state index contributed by atoms with van der Waals surface area (Å²) in [5.41, 5.74) is 1.20. The van der Waals surface area contributed by atoms with Crippen LogP contribution >= 0.6 is 0 Å². The van der Waals surface area contributed by atoms with Crippen LogP contribution in [0.2, 0.25) is 0 Å². The molecule has 3 aromatic rings. The SMILES string of the molecule is COc1ccc(S(=O)(=O)N2CC(C(=O)NC(C)c3ccc4c(c3)OCCO4)Oc3ccccc32)cc1. The van der Waals surface area contributed by atoms with Crippen LogP contribution in [0.5, 0.6) is 23.0 Å². The van der Waals surface area contributed by atoms with Gasteiger partial charge in [0.2, 0.25) is 0 Å². The molecule has 1 N–H and O–H groups in total. The van der Waals surface area contributed by atoms with Gasteiger partial charge in [-0.25, -0.2) is 8.42 Å². The van der Waals surface area contributed by atoms with E-state index in [2.05, 4.69) is 5.32 Å². The fourth-order valence-electron chi connectivity index (χ4n) is 4.16. The highest BCUT2D eigenvalue weighted by molar-refractivity contribution is 7.92. The van der Waals surface area contributed by atoms with E-state index in [1.165, 1.54) is 23.5 Å². The Bertz CT molecular complexity index is 1380. The van der Waals surface area contributed by atoms with Gasteiger partial charge in [-0.2, -0.15) is 0 Å². The Morgan fingerprint density at radius 2 is 1.72 bits per heavy atom. The van der Waals surface area contributed by atoms with Crippen LogP contribution in [0, 0.1) is 0 Å². The van der Waals surface area contributed by atoms with E-state index in [-0.39, 0.29) is 17.5 Å². The van der Waals surface area contributed by atoms with Crippen molar-refractivity contribution in [3.63, 3.8) is 0 Å². The van der Waals surface area contributed by atoms with Crippen LogP contribution < -0.4 is 28.6 Å². The number of hydrogen-bond acceptors (Lipinski definition) is 7. The van der Waals surface area contributed by atoms with Crippen molar-refractivity contribution in [3.8, 4) is 23.0 Å². The molecule has 2 aliphatic heterocycles. The Kier molecular flexibility index (Phi) is 6.36. The third-order valence-electron chi connectivity index (χ3n) is 6.10. The van der Waals surface area contributed by atoms with E-state index in [1.807, 2.05) is 25.1 Å². The second-order valence-corrected chi connectivity index (χ2v) is 10.3. The summed E-state index contributed by atoms with van der Waals surface area (Å²) < 4.78 is 50.6. The molecule has 9 nitrogen and oxygen atoms in total. The molecule has 0 aromatic heterocycles. The topological polar surface area (TPSA) is 103 Å². The molecule has 0 saturated heterocycles. The van der Waals surface area contributed by atoms with Gasteiger partial charge in [-0.1, -0.05) is 18.2 Å². The van der Waals surface area contributed by atoms with Gasteiger partial charge < -0.3 is 24.3 Å². The Hall–Kier alpha value is -3.92. The normalized spacial score (nSPS) is 17.4. The fraction of sp³-hybridized carbons (Fsp3) is 0.269. The number of sulfonamides is 1. The third-order valence-corrected chi connectivity index (χ3v) is 7.89. The molecule has 0 spiro atoms. The number of benzene rings is 3. The minimum Gasteiger partial charge on any atom is -0.497 e. The molecule has 2 heterocycles. The van der Waals surface area contributed by atoms with Gasteiger partial charge in [-0.15, -0.1) is 0 Å². The Morgan fingerprint density at radius 3 is 2.47 bits per heavy atom. The highest BCUT2D eigenvalue weighted by atomic mass is 32.2. The highest BCUT2D eigenvalue weighted by Gasteiger charge is 2.38. The highest BCUT2D eigenvalue weighted by Crippen LogP contribution is 2.37. The quantitative estimate of drug-likeness (QED) is 0.543. The number of ether oxygens (including phenoxy) is 4. The zero-order valence-electron chi connectivity index (χ0n) is 19.8. The van der Waals surface area contributed by atoms with Gasteiger partial charge >= 0.3 is 0 Å². The lowest BCUT2D eigenvalue weighted by atomic mass is 10.1. The fourth-order valence-corrected chi connectivity index (χ4v) is 5.64. The van der Waals surface area contributed by atoms with Crippen molar-refractivity contribution >= 4 is 21.6 Å². The van der Waals surface area contributed by atoms with Crippen molar-refractivity contribution in [2.75, 3.05) is 31.2 Å². The summed E-state index contributed by atoms with van der Waals surface area (Å²) in [7, 11) is -2.46. The maximum Gasteiger partial charge on any atom is 0.264 e. The predicted octanol–water partition coefficient (Wildman–Crippen LogP) is 3.30. The number of nitrogens with one attached hydrogen (secondary N) is 1. The molecule has 1 amide bonds. The van der Waals surface area contributed by atoms with Crippen LogP contribution in [0.3, 0.4) is 0 Å². The number of methoxy groups -OCH3 is 1. The average molecular weight is 511 g/mol. The van der Waals surface area contributed by atoms with E-state index >= 15 is 0 Å². The Morgan fingerprint density at radius 1 is 1.00 bits per heavy atom. The Balaban J connectivity index is 1.38. The van der Waals surface area contributed by atoms with Crippen molar-refractivity contribution in [1.29, 1.82) is 0 Å². The molecule has 2 unspecified atom stereocenters. The molecule has 0 fully saturated rings. The number of para-hydroxylation sites is 2. The maximum atomic E-state index is 13.6. The lowest BCUT2D eigenvalue weighted by molar-refractivity contribution is -0.128. The van der Waals surface area contributed by atoms with E-state index in [0.717, 1.165) is 5.56 Å². The molecule has 10 heteroatoms. The number of fused-ring (bicyclic) bond motifs is 2. The van der Waals surface area contributed by atoms with Gasteiger partial charge in [0.15, 0.2) is 17.6 Å². The zero-order chi connectivity index (χ0) is 25.3. The molecule has 5 rings (SSSR count). The van der Waals surface area contributed by atoms with E-state index in [4.69, 9.17) is 18.9 Å². The predicted molar refractivity (Wildman–Crippen MR) is 132 cm³/mol. The molecule has 3 aromatic carbocycles. The van der Waals surface area contributed by atoms with Crippen LogP contribution in [0.4, 0.5) is 5.69 Å². The summed E-state index contributed by atoms with van der Waals surface area (Å²) in [5.74, 6) is 1.71. The van der Waals surface area contributed by atoms with Gasteiger partial charge in [0.1, 0.15) is 24.7 Å². The first-order valence-electron chi connectivity index (χ1n) is 11.5. The molecular weight excluding hydrogens is 484 g/mol. The monoisotopic (exact) mass is 510 g/mol. The molecule has 0 saturated carbocycles. The molecule has 188 valence electrons. The number of anilines is 1. The second kappa shape index (κ2) is 9.62. The average Bonchev–Trinajstić information content (AvgIpc) is 2.92. The maximum absolute atomic E-state index is 13.6. The summed E-state index contributed by atoms with van der Waals surface area (Å²) in [4.78, 5) is 13.3. The molecular formula is C26H26N2O7S. The minimum absolute atomic E-state index is 0.0869. The van der Waals surface area contributed by atoms with Crippen LogP contribution in [-0.4, -0.2) is 47.3 Å². The van der Waals surface area contributed by atoms with Gasteiger partial charge in [-0.3, -0.25) is 9.10 Å². The lowest BCUT2D eigenvalue weighted by Gasteiger charge is -2.35. The first-order valence-corrected chi connectivity index (χ1v) is 12.9. The van der Waals surface area contributed by atoms with E-state index in [0.29, 0.717) is 41.9 Å². The van der Waals surface area contributed by atoms with Crippen molar-refractivity contribution in [2.24, 2.45) is 0 Å². The van der Waals surface area contributed by atoms with Crippen molar-refractivity contribution in [2.45, 2.75) is 24.0 Å². The summed E-state index contributed by atoms with van der Waals surface area (Å²) in [6.45, 7) is 2.62. The van der Waals surface area contributed by atoms with Gasteiger partial charge in [0.25, 0.3) is 15.9 Å². The van der Waals surface area contributed by atoms with Crippen molar-refractivity contribution in [3.05, 3.63) is 72.3 Å². The Labute approximate surface area is 209 Å². The van der Waals surface area contributed by atoms with E-state index in [9.17, 15) is 13.2 Å². The first kappa shape index (κ1) is 23.8. The largest absolute Gasteiger partial charge is 0.497 e. The summed E-state index contributed by atoms with van der Waals surface area (Å²) in [6, 6.07) is 18.0. The number of carbonyl (C=O) groups is 1. The van der Waals surface area contributed by atoms with Crippen LogP contribution in [0.15, 0.2) is 71.6 Å². The molecule has 0 bridgehead atoms. The van der Waals surface area contributed by atoms with Crippen LogP contribution in [-0.2, 0) is 14.8 Å². The number of amides is 1. The number of nitrogens with zero attached hydrogens (tertiary/aromatic N) is 1. The minimum atomic E-state index is -3.97. The van der Waals surface area contributed by atoms with Crippen LogP contribution in [0.25, 0.3) is 0 Å². The van der Waals surface area contributed by atoms with E-state index < -0.39 is 22.0 Å². The first-order chi connectivity index (χ1) is 17.4. The number of carbonyl (C=O) groups excluding carboxylic acids is 1. The summed E-state index contributed by atoms with van der Waals surface area (Å²) in [5, 5.41) is 2.93. The molecule has 0 radical (unpaired) electrons.